The van der Waals surface area contributed by atoms with E-state index in [0.717, 1.165) is 0 Å². The quantitative estimate of drug-likeness (QED) is 0.630. The minimum atomic E-state index is -0.188. The van der Waals surface area contributed by atoms with Gasteiger partial charge in [-0.1, -0.05) is 0 Å². The summed E-state index contributed by atoms with van der Waals surface area (Å²) in [5, 5.41) is 5.77. The molecule has 0 spiro atoms. The number of urea groups is 1. The van der Waals surface area contributed by atoms with Crippen LogP contribution in [0.25, 0.3) is 0 Å². The van der Waals surface area contributed by atoms with Crippen molar-refractivity contribution in [2.45, 2.75) is 45.2 Å². The highest BCUT2D eigenvalue weighted by Crippen LogP contribution is 2.32. The summed E-state index contributed by atoms with van der Waals surface area (Å²) >= 11 is 0. The second-order valence-electron chi connectivity index (χ2n) is 5.03. The van der Waals surface area contributed by atoms with Gasteiger partial charge in [0, 0.05) is 18.1 Å². The normalized spacial score (nSPS) is 18.9. The number of hydrogen-bond acceptors (Lipinski definition) is 2. The van der Waals surface area contributed by atoms with Crippen LogP contribution in [0.3, 0.4) is 0 Å². The monoisotopic (exact) mass is 199 g/mol. The number of nitrogens with two attached hydrogens (primary N) is 1. The van der Waals surface area contributed by atoms with Crippen LogP contribution in [-0.4, -0.2) is 24.2 Å². The first-order chi connectivity index (χ1) is 6.42. The topological polar surface area (TPSA) is 67.2 Å². The lowest BCUT2D eigenvalue weighted by molar-refractivity contribution is 0.227. The van der Waals surface area contributed by atoms with Gasteiger partial charge in [-0.05, 0) is 39.5 Å². The van der Waals surface area contributed by atoms with E-state index in [1.54, 1.807) is 0 Å². The lowest BCUT2D eigenvalue weighted by Crippen LogP contribution is -2.51. The van der Waals surface area contributed by atoms with Gasteiger partial charge in [0.15, 0.2) is 0 Å². The van der Waals surface area contributed by atoms with Crippen LogP contribution >= 0.6 is 0 Å². The molecule has 0 aromatic heterocycles. The highest BCUT2D eigenvalue weighted by Gasteiger charge is 2.31. The van der Waals surface area contributed by atoms with Crippen molar-refractivity contribution in [3.8, 4) is 0 Å². The molecular formula is C10H21N3O. The maximum absolute atomic E-state index is 11.5. The van der Waals surface area contributed by atoms with Crippen LogP contribution in [0, 0.1) is 5.92 Å². The standard InChI is InChI=1S/C10H21N3O/c1-10(2,3)13-9(14)12-8(6-11)7-4-5-7/h7-8H,4-6,11H2,1-3H3,(H2,12,13,14). The zero-order valence-electron chi connectivity index (χ0n) is 9.26. The number of rotatable bonds is 3. The zero-order chi connectivity index (χ0) is 10.8. The molecule has 0 radical (unpaired) electrons. The van der Waals surface area contributed by atoms with E-state index < -0.39 is 0 Å². The molecular weight excluding hydrogens is 178 g/mol. The summed E-state index contributed by atoms with van der Waals surface area (Å²) in [6, 6.07) is 0.0391. The molecule has 1 saturated carbocycles. The fourth-order valence-corrected chi connectivity index (χ4v) is 1.41. The first-order valence-corrected chi connectivity index (χ1v) is 5.21. The van der Waals surface area contributed by atoms with E-state index >= 15 is 0 Å². The predicted octanol–water partition coefficient (Wildman–Crippen LogP) is 0.821. The van der Waals surface area contributed by atoms with Gasteiger partial charge >= 0.3 is 6.03 Å². The number of hydrogen-bond donors (Lipinski definition) is 3. The molecule has 1 rings (SSSR count). The predicted molar refractivity (Wildman–Crippen MR) is 57.0 cm³/mol. The van der Waals surface area contributed by atoms with Crippen LogP contribution in [0.5, 0.6) is 0 Å². The molecule has 0 aliphatic heterocycles. The van der Waals surface area contributed by atoms with Gasteiger partial charge in [-0.3, -0.25) is 0 Å². The molecule has 4 nitrogen and oxygen atoms in total. The molecule has 1 unspecified atom stereocenters. The molecule has 4 N–H and O–H groups in total. The third-order valence-electron chi connectivity index (χ3n) is 2.25. The maximum atomic E-state index is 11.5. The third kappa shape index (κ3) is 3.96. The lowest BCUT2D eigenvalue weighted by atomic mass is 10.1. The number of carbonyl (C=O) groups is 1. The summed E-state index contributed by atoms with van der Waals surface area (Å²) < 4.78 is 0. The van der Waals surface area contributed by atoms with Crippen LogP contribution in [0.4, 0.5) is 4.79 Å². The van der Waals surface area contributed by atoms with E-state index in [2.05, 4.69) is 10.6 Å². The van der Waals surface area contributed by atoms with Crippen LogP contribution < -0.4 is 16.4 Å². The molecule has 0 aromatic rings. The summed E-state index contributed by atoms with van der Waals surface area (Å²) in [7, 11) is 0. The molecule has 14 heavy (non-hydrogen) atoms. The van der Waals surface area contributed by atoms with Crippen molar-refractivity contribution in [3.05, 3.63) is 0 Å². The van der Waals surface area contributed by atoms with Crippen molar-refractivity contribution in [3.63, 3.8) is 0 Å². The first kappa shape index (κ1) is 11.3. The summed E-state index contributed by atoms with van der Waals surface area (Å²) in [6.45, 7) is 6.41. The van der Waals surface area contributed by atoms with Gasteiger partial charge in [0.05, 0.1) is 0 Å². The molecule has 0 saturated heterocycles. The summed E-state index contributed by atoms with van der Waals surface area (Å²) in [5.41, 5.74) is 5.40. The Hall–Kier alpha value is -0.770. The Morgan fingerprint density at radius 2 is 2.07 bits per heavy atom. The van der Waals surface area contributed by atoms with Crippen molar-refractivity contribution in [1.29, 1.82) is 0 Å². The van der Waals surface area contributed by atoms with Gasteiger partial charge in [-0.25, -0.2) is 4.79 Å². The van der Waals surface area contributed by atoms with Crippen LogP contribution in [0.15, 0.2) is 0 Å². The average molecular weight is 199 g/mol. The minimum absolute atomic E-state index is 0.111. The molecule has 2 amide bonds. The van der Waals surface area contributed by atoms with Gasteiger partial charge in [0.25, 0.3) is 0 Å². The Morgan fingerprint density at radius 3 is 2.43 bits per heavy atom. The zero-order valence-corrected chi connectivity index (χ0v) is 9.26. The van der Waals surface area contributed by atoms with E-state index in [0.29, 0.717) is 12.5 Å². The summed E-state index contributed by atoms with van der Waals surface area (Å²) in [4.78, 5) is 11.5. The number of carbonyl (C=O) groups excluding carboxylic acids is 1. The van der Waals surface area contributed by atoms with Crippen molar-refractivity contribution < 1.29 is 4.79 Å². The van der Waals surface area contributed by atoms with Crippen LogP contribution in [0.1, 0.15) is 33.6 Å². The largest absolute Gasteiger partial charge is 0.334 e. The molecule has 0 bridgehead atoms. The molecule has 1 aliphatic rings. The SMILES string of the molecule is CC(C)(C)NC(=O)NC(CN)C1CC1. The average Bonchev–Trinajstić information content (AvgIpc) is 2.78. The third-order valence-corrected chi connectivity index (χ3v) is 2.25. The van der Waals surface area contributed by atoms with Gasteiger partial charge in [-0.15, -0.1) is 0 Å². The molecule has 0 heterocycles. The highest BCUT2D eigenvalue weighted by molar-refractivity contribution is 5.75. The van der Waals surface area contributed by atoms with Gasteiger partial charge in [0.2, 0.25) is 0 Å². The van der Waals surface area contributed by atoms with E-state index in [4.69, 9.17) is 5.73 Å². The Kier molecular flexibility index (Phi) is 3.37. The van der Waals surface area contributed by atoms with Crippen molar-refractivity contribution in [1.82, 2.24) is 10.6 Å². The molecule has 82 valence electrons. The molecule has 0 aromatic carbocycles. The van der Waals surface area contributed by atoms with E-state index in [-0.39, 0.29) is 17.6 Å². The number of amides is 2. The highest BCUT2D eigenvalue weighted by atomic mass is 16.2. The number of nitrogens with one attached hydrogen (secondary N) is 2. The fourth-order valence-electron chi connectivity index (χ4n) is 1.41. The lowest BCUT2D eigenvalue weighted by Gasteiger charge is -2.23. The van der Waals surface area contributed by atoms with E-state index in [1.165, 1.54) is 12.8 Å². The minimum Gasteiger partial charge on any atom is -0.334 e. The Labute approximate surface area is 85.6 Å². The molecule has 1 aliphatic carbocycles. The maximum Gasteiger partial charge on any atom is 0.315 e. The molecule has 4 heteroatoms. The van der Waals surface area contributed by atoms with Crippen molar-refractivity contribution in [2.75, 3.05) is 6.54 Å². The first-order valence-electron chi connectivity index (χ1n) is 5.21. The van der Waals surface area contributed by atoms with Gasteiger partial charge in [-0.2, -0.15) is 0 Å². The van der Waals surface area contributed by atoms with Crippen molar-refractivity contribution in [2.24, 2.45) is 11.7 Å². The van der Waals surface area contributed by atoms with E-state index in [9.17, 15) is 4.79 Å². The van der Waals surface area contributed by atoms with Crippen LogP contribution in [0.2, 0.25) is 0 Å². The summed E-state index contributed by atoms with van der Waals surface area (Å²) in [6.07, 6.45) is 2.38. The second kappa shape index (κ2) is 4.17. The Balaban J connectivity index is 2.31. The molecule has 1 atom stereocenters. The Morgan fingerprint density at radius 1 is 1.50 bits per heavy atom. The van der Waals surface area contributed by atoms with Gasteiger partial charge < -0.3 is 16.4 Å². The fraction of sp³-hybridized carbons (Fsp3) is 0.900. The van der Waals surface area contributed by atoms with Gasteiger partial charge in [0.1, 0.15) is 0 Å². The van der Waals surface area contributed by atoms with Crippen molar-refractivity contribution >= 4 is 6.03 Å². The van der Waals surface area contributed by atoms with E-state index in [1.807, 2.05) is 20.8 Å². The smallest absolute Gasteiger partial charge is 0.315 e. The molecule has 1 fully saturated rings. The second-order valence-corrected chi connectivity index (χ2v) is 5.03. The summed E-state index contributed by atoms with van der Waals surface area (Å²) in [5.74, 6) is 0.603. The Bertz CT molecular complexity index is 206. The van der Waals surface area contributed by atoms with Crippen LogP contribution in [-0.2, 0) is 0 Å².